The fourth-order valence-electron chi connectivity index (χ4n) is 4.41. The summed E-state index contributed by atoms with van der Waals surface area (Å²) in [6, 6.07) is 4.98. The number of carbonyl (C=O) groups excluding carboxylic acids is 2. The maximum absolute atomic E-state index is 13.1. The first-order chi connectivity index (χ1) is 17.8. The molecule has 1 aromatic heterocycles. The Kier molecular flexibility index (Phi) is 10.9. The second-order valence-electron chi connectivity index (χ2n) is 9.70. The number of aliphatic carboxylic acids is 1. The molecule has 0 bridgehead atoms. The molecule has 2 heterocycles. The summed E-state index contributed by atoms with van der Waals surface area (Å²) in [5.74, 6) is -0.123. The van der Waals surface area contributed by atoms with Crippen molar-refractivity contribution in [3.05, 3.63) is 47.3 Å². The smallest absolute Gasteiger partial charge is 0.303 e. The first kappa shape index (κ1) is 28.2. The Morgan fingerprint density at radius 2 is 2.08 bits per heavy atom. The topological polar surface area (TPSA) is 135 Å². The average molecular weight is 514 g/mol. The number of carbonyl (C=O) groups is 3. The highest BCUT2D eigenvalue weighted by molar-refractivity contribution is 5.88. The van der Waals surface area contributed by atoms with E-state index in [1.165, 1.54) is 12.8 Å². The standard InChI is InChI=1S/C27H39N5O5/c1-19-9-10-23(37-13-11-20-6-5-12-28-15-20)14-21(19)16-29-27(36)26(22-17-30-32(2)18-22)31-24(33)7-3-4-8-25(34)35/h9-10,14,17-18,20,26,28H,3-8,11-13,15-16H2,1-2H3,(H,29,36)(H,31,33)(H,34,35). The van der Waals surface area contributed by atoms with E-state index in [9.17, 15) is 14.4 Å². The van der Waals surface area contributed by atoms with Crippen LogP contribution in [0.15, 0.2) is 30.6 Å². The van der Waals surface area contributed by atoms with Gasteiger partial charge in [-0.3, -0.25) is 19.1 Å². The van der Waals surface area contributed by atoms with Gasteiger partial charge in [0.15, 0.2) is 0 Å². The van der Waals surface area contributed by atoms with E-state index in [1.807, 2.05) is 25.1 Å². The van der Waals surface area contributed by atoms with Crippen LogP contribution in [0.2, 0.25) is 0 Å². The molecule has 3 rings (SSSR count). The third-order valence-electron chi connectivity index (χ3n) is 6.64. The molecule has 0 radical (unpaired) electrons. The number of amides is 2. The number of unbranched alkanes of at least 4 members (excludes halogenated alkanes) is 1. The van der Waals surface area contributed by atoms with Crippen molar-refractivity contribution in [2.24, 2.45) is 13.0 Å². The third kappa shape index (κ3) is 9.53. The van der Waals surface area contributed by atoms with E-state index in [-0.39, 0.29) is 24.7 Å². The second kappa shape index (κ2) is 14.4. The van der Waals surface area contributed by atoms with Crippen LogP contribution in [-0.4, -0.2) is 52.4 Å². The molecule has 1 aliphatic rings. The Balaban J connectivity index is 1.55. The normalized spacial score (nSPS) is 16.1. The van der Waals surface area contributed by atoms with Crippen LogP contribution in [0.4, 0.5) is 0 Å². The van der Waals surface area contributed by atoms with Crippen LogP contribution < -0.4 is 20.7 Å². The van der Waals surface area contributed by atoms with E-state index in [1.54, 1.807) is 24.1 Å². The molecule has 37 heavy (non-hydrogen) atoms. The lowest BCUT2D eigenvalue weighted by atomic mass is 9.97. The highest BCUT2D eigenvalue weighted by atomic mass is 16.5. The Morgan fingerprint density at radius 1 is 1.27 bits per heavy atom. The highest BCUT2D eigenvalue weighted by Crippen LogP contribution is 2.20. The van der Waals surface area contributed by atoms with Crippen molar-refractivity contribution in [3.8, 4) is 5.75 Å². The van der Waals surface area contributed by atoms with Crippen LogP contribution in [0.5, 0.6) is 5.75 Å². The molecule has 10 nitrogen and oxygen atoms in total. The van der Waals surface area contributed by atoms with E-state index in [2.05, 4.69) is 21.0 Å². The number of benzene rings is 1. The molecule has 1 aromatic carbocycles. The van der Waals surface area contributed by atoms with Crippen LogP contribution >= 0.6 is 0 Å². The minimum absolute atomic E-state index is 0.0136. The summed E-state index contributed by atoms with van der Waals surface area (Å²) >= 11 is 0. The number of nitrogens with zero attached hydrogens (tertiary/aromatic N) is 2. The van der Waals surface area contributed by atoms with Crippen LogP contribution in [0, 0.1) is 12.8 Å². The molecule has 0 aliphatic carbocycles. The summed E-state index contributed by atoms with van der Waals surface area (Å²) in [5, 5.41) is 22.0. The molecule has 1 fully saturated rings. The number of ether oxygens (including phenoxy) is 1. The largest absolute Gasteiger partial charge is 0.494 e. The van der Waals surface area contributed by atoms with Gasteiger partial charge >= 0.3 is 5.97 Å². The molecule has 2 amide bonds. The zero-order valence-electron chi connectivity index (χ0n) is 21.8. The van der Waals surface area contributed by atoms with Gasteiger partial charge in [0.2, 0.25) is 11.8 Å². The molecule has 2 unspecified atom stereocenters. The quantitative estimate of drug-likeness (QED) is 0.285. The van der Waals surface area contributed by atoms with Crippen molar-refractivity contribution in [2.45, 2.75) is 64.5 Å². The van der Waals surface area contributed by atoms with E-state index >= 15 is 0 Å². The number of rotatable bonds is 14. The number of aryl methyl sites for hydroxylation is 2. The second-order valence-corrected chi connectivity index (χ2v) is 9.70. The maximum atomic E-state index is 13.1. The highest BCUT2D eigenvalue weighted by Gasteiger charge is 2.24. The zero-order valence-corrected chi connectivity index (χ0v) is 21.8. The summed E-state index contributed by atoms with van der Waals surface area (Å²) in [6.45, 7) is 5.08. The monoisotopic (exact) mass is 513 g/mol. The van der Waals surface area contributed by atoms with Crippen molar-refractivity contribution >= 4 is 17.8 Å². The molecule has 0 spiro atoms. The van der Waals surface area contributed by atoms with Gasteiger partial charge in [0.1, 0.15) is 11.8 Å². The van der Waals surface area contributed by atoms with Gasteiger partial charge in [-0.1, -0.05) is 6.07 Å². The van der Waals surface area contributed by atoms with E-state index < -0.39 is 12.0 Å². The van der Waals surface area contributed by atoms with Crippen molar-refractivity contribution in [1.29, 1.82) is 0 Å². The van der Waals surface area contributed by atoms with Gasteiger partial charge in [-0.25, -0.2) is 0 Å². The minimum Gasteiger partial charge on any atom is -0.494 e. The Morgan fingerprint density at radius 3 is 2.78 bits per heavy atom. The fourth-order valence-corrected chi connectivity index (χ4v) is 4.41. The van der Waals surface area contributed by atoms with E-state index in [4.69, 9.17) is 9.84 Å². The van der Waals surface area contributed by atoms with Gasteiger partial charge in [-0.2, -0.15) is 5.10 Å². The maximum Gasteiger partial charge on any atom is 0.303 e. The zero-order chi connectivity index (χ0) is 26.6. The number of carboxylic acids is 1. The van der Waals surface area contributed by atoms with E-state index in [0.717, 1.165) is 36.4 Å². The number of piperidine rings is 1. The molecule has 2 atom stereocenters. The van der Waals surface area contributed by atoms with Gasteiger partial charge in [0, 0.05) is 38.2 Å². The van der Waals surface area contributed by atoms with Gasteiger partial charge in [0.05, 0.1) is 12.8 Å². The Bertz CT molecular complexity index is 1050. The van der Waals surface area contributed by atoms with Gasteiger partial charge < -0.3 is 25.8 Å². The van der Waals surface area contributed by atoms with Crippen molar-refractivity contribution in [1.82, 2.24) is 25.7 Å². The lowest BCUT2D eigenvalue weighted by Crippen LogP contribution is -2.40. The first-order valence-corrected chi connectivity index (χ1v) is 13.0. The number of aromatic nitrogens is 2. The third-order valence-corrected chi connectivity index (χ3v) is 6.64. The number of hydrogen-bond acceptors (Lipinski definition) is 6. The summed E-state index contributed by atoms with van der Waals surface area (Å²) in [6.07, 6.45) is 7.70. The predicted octanol–water partition coefficient (Wildman–Crippen LogP) is 2.62. The predicted molar refractivity (Wildman–Crippen MR) is 139 cm³/mol. The molecule has 10 heteroatoms. The van der Waals surface area contributed by atoms with Crippen molar-refractivity contribution in [3.63, 3.8) is 0 Å². The number of hydrogen-bond donors (Lipinski definition) is 4. The van der Waals surface area contributed by atoms with Crippen LogP contribution in [-0.2, 0) is 28.0 Å². The molecular formula is C27H39N5O5. The Hall–Kier alpha value is -3.40. The molecule has 1 saturated heterocycles. The lowest BCUT2D eigenvalue weighted by molar-refractivity contribution is -0.137. The average Bonchev–Trinajstić information content (AvgIpc) is 3.31. The fraction of sp³-hybridized carbons (Fsp3) is 0.556. The van der Waals surface area contributed by atoms with E-state index in [0.29, 0.717) is 37.5 Å². The minimum atomic E-state index is -0.899. The molecule has 202 valence electrons. The summed E-state index contributed by atoms with van der Waals surface area (Å²) in [7, 11) is 1.74. The van der Waals surface area contributed by atoms with Crippen LogP contribution in [0.25, 0.3) is 0 Å². The van der Waals surface area contributed by atoms with Crippen LogP contribution in [0.1, 0.15) is 67.7 Å². The SMILES string of the molecule is Cc1ccc(OCCC2CCCNC2)cc1CNC(=O)C(NC(=O)CCCCC(=O)O)c1cnn(C)c1. The van der Waals surface area contributed by atoms with Crippen molar-refractivity contribution < 1.29 is 24.2 Å². The summed E-state index contributed by atoms with van der Waals surface area (Å²) < 4.78 is 7.57. The molecule has 2 aromatic rings. The number of carboxylic acid groups (broad SMARTS) is 1. The molecular weight excluding hydrogens is 474 g/mol. The lowest BCUT2D eigenvalue weighted by Gasteiger charge is -2.22. The van der Waals surface area contributed by atoms with Gasteiger partial charge in [-0.15, -0.1) is 0 Å². The Labute approximate surface area is 218 Å². The molecule has 4 N–H and O–H groups in total. The molecule has 0 saturated carbocycles. The van der Waals surface area contributed by atoms with Crippen LogP contribution in [0.3, 0.4) is 0 Å². The summed E-state index contributed by atoms with van der Waals surface area (Å²) in [5.41, 5.74) is 2.55. The number of nitrogens with one attached hydrogen (secondary N) is 3. The summed E-state index contributed by atoms with van der Waals surface area (Å²) in [4.78, 5) is 36.3. The van der Waals surface area contributed by atoms with Gasteiger partial charge in [-0.05, 0) is 81.3 Å². The van der Waals surface area contributed by atoms with Gasteiger partial charge in [0.25, 0.3) is 0 Å². The molecule has 1 aliphatic heterocycles. The van der Waals surface area contributed by atoms with Crippen molar-refractivity contribution in [2.75, 3.05) is 19.7 Å². The first-order valence-electron chi connectivity index (χ1n) is 13.0.